The Hall–Kier alpha value is -1.17. The molecule has 0 aromatic rings. The van der Waals surface area contributed by atoms with Crippen molar-refractivity contribution in [2.75, 3.05) is 19.6 Å². The van der Waals surface area contributed by atoms with Gasteiger partial charge in [-0.1, -0.05) is 5.10 Å². The van der Waals surface area contributed by atoms with E-state index < -0.39 is 0 Å². The van der Waals surface area contributed by atoms with Crippen molar-refractivity contribution in [3.8, 4) is 0 Å². The van der Waals surface area contributed by atoms with Crippen LogP contribution in [0.5, 0.6) is 0 Å². The van der Waals surface area contributed by atoms with Gasteiger partial charge in [0.05, 0.1) is 6.54 Å². The fourth-order valence-electron chi connectivity index (χ4n) is 2.06. The minimum absolute atomic E-state index is 0.493. The lowest BCUT2D eigenvalue weighted by atomic mass is 10.1. The van der Waals surface area contributed by atoms with Crippen molar-refractivity contribution in [2.45, 2.75) is 44.7 Å². The zero-order chi connectivity index (χ0) is 12.1. The van der Waals surface area contributed by atoms with Crippen LogP contribution in [0.25, 0.3) is 0 Å². The fourth-order valence-corrected chi connectivity index (χ4v) is 2.06. The molecule has 1 heterocycles. The van der Waals surface area contributed by atoms with Crippen molar-refractivity contribution in [1.29, 1.82) is 0 Å². The highest BCUT2D eigenvalue weighted by atomic mass is 15.4. The second-order valence-electron chi connectivity index (χ2n) is 4.71. The van der Waals surface area contributed by atoms with E-state index in [-0.39, 0.29) is 0 Å². The van der Waals surface area contributed by atoms with Gasteiger partial charge in [0.25, 0.3) is 0 Å². The molecule has 2 fully saturated rings. The molecule has 1 saturated carbocycles. The molecule has 2 aliphatic rings. The van der Waals surface area contributed by atoms with Crippen LogP contribution in [0.2, 0.25) is 0 Å². The molecule has 96 valence electrons. The van der Waals surface area contributed by atoms with Crippen LogP contribution in [0.3, 0.4) is 0 Å². The van der Waals surface area contributed by atoms with Crippen molar-refractivity contribution in [1.82, 2.24) is 10.2 Å². The summed E-state index contributed by atoms with van der Waals surface area (Å²) in [6.07, 6.45) is 4.97. The van der Waals surface area contributed by atoms with Gasteiger partial charge in [0.2, 0.25) is 5.96 Å². The van der Waals surface area contributed by atoms with Gasteiger partial charge in [0.15, 0.2) is 0 Å². The van der Waals surface area contributed by atoms with Gasteiger partial charge in [-0.2, -0.15) is 5.11 Å². The molecule has 0 unspecified atom stereocenters. The van der Waals surface area contributed by atoms with Crippen LogP contribution in [0.15, 0.2) is 15.4 Å². The van der Waals surface area contributed by atoms with Gasteiger partial charge >= 0.3 is 0 Å². The Bertz CT molecular complexity index is 288. The van der Waals surface area contributed by atoms with Gasteiger partial charge < -0.3 is 16.0 Å². The second-order valence-corrected chi connectivity index (χ2v) is 4.71. The quantitative estimate of drug-likeness (QED) is 0.330. The summed E-state index contributed by atoms with van der Waals surface area (Å²) in [4.78, 5) is 2.08. The maximum atomic E-state index is 5.85. The zero-order valence-electron chi connectivity index (χ0n) is 10.5. The Morgan fingerprint density at radius 1 is 1.24 bits per heavy atom. The molecule has 0 atom stereocenters. The third-order valence-electron chi connectivity index (χ3n) is 3.22. The van der Waals surface area contributed by atoms with Crippen LogP contribution in [0.4, 0.5) is 0 Å². The molecule has 1 saturated heterocycles. The number of likely N-dealkylation sites (tertiary alicyclic amines) is 1. The molecule has 17 heavy (non-hydrogen) atoms. The molecular weight excluding hydrogens is 216 g/mol. The molecule has 3 N–H and O–H groups in total. The van der Waals surface area contributed by atoms with Crippen LogP contribution in [0, 0.1) is 0 Å². The number of rotatable bonds is 4. The SMILES string of the molecule is CCN=NN=C(N)N1CCC(NC2CC2)CC1. The molecule has 6 nitrogen and oxygen atoms in total. The predicted octanol–water partition coefficient (Wildman–Crippen LogP) is 0.905. The Balaban J connectivity index is 1.73. The van der Waals surface area contributed by atoms with Gasteiger partial charge in [-0.25, -0.2) is 0 Å². The molecule has 0 bridgehead atoms. The smallest absolute Gasteiger partial charge is 0.218 e. The molecule has 0 amide bonds. The average molecular weight is 238 g/mol. The second kappa shape index (κ2) is 5.95. The van der Waals surface area contributed by atoms with Gasteiger partial charge in [-0.05, 0) is 37.8 Å². The van der Waals surface area contributed by atoms with Crippen molar-refractivity contribution in [3.05, 3.63) is 0 Å². The first kappa shape index (κ1) is 12.3. The van der Waals surface area contributed by atoms with E-state index in [1.807, 2.05) is 6.92 Å². The lowest BCUT2D eigenvalue weighted by Crippen LogP contribution is -2.47. The van der Waals surface area contributed by atoms with Gasteiger partial charge in [0.1, 0.15) is 0 Å². The highest BCUT2D eigenvalue weighted by Crippen LogP contribution is 2.22. The maximum absolute atomic E-state index is 5.85. The summed E-state index contributed by atoms with van der Waals surface area (Å²) in [6, 6.07) is 1.44. The van der Waals surface area contributed by atoms with E-state index in [1.54, 1.807) is 0 Å². The molecular formula is C11H22N6. The zero-order valence-corrected chi connectivity index (χ0v) is 10.5. The van der Waals surface area contributed by atoms with Gasteiger partial charge in [-0.3, -0.25) is 0 Å². The summed E-state index contributed by atoms with van der Waals surface area (Å²) in [5.41, 5.74) is 5.85. The molecule has 2 rings (SSSR count). The normalized spacial score (nSPS) is 23.6. The Kier molecular flexibility index (Phi) is 4.30. The Labute approximate surface area is 102 Å². The molecule has 1 aliphatic heterocycles. The monoisotopic (exact) mass is 238 g/mol. The molecule has 6 heteroatoms. The first-order valence-corrected chi connectivity index (χ1v) is 6.50. The summed E-state index contributed by atoms with van der Waals surface area (Å²) in [5, 5.41) is 15.0. The summed E-state index contributed by atoms with van der Waals surface area (Å²) in [7, 11) is 0. The average Bonchev–Trinajstić information content (AvgIpc) is 3.14. The lowest BCUT2D eigenvalue weighted by Gasteiger charge is -2.32. The third-order valence-corrected chi connectivity index (χ3v) is 3.22. The van der Waals surface area contributed by atoms with Crippen molar-refractivity contribution in [3.63, 3.8) is 0 Å². The minimum atomic E-state index is 0.493. The number of hydrogen-bond donors (Lipinski definition) is 2. The molecule has 0 aromatic carbocycles. The summed E-state index contributed by atoms with van der Waals surface area (Å²) in [5.74, 6) is 0.493. The molecule has 0 aromatic heterocycles. The summed E-state index contributed by atoms with van der Waals surface area (Å²) >= 11 is 0. The summed E-state index contributed by atoms with van der Waals surface area (Å²) < 4.78 is 0. The van der Waals surface area contributed by atoms with Crippen LogP contribution >= 0.6 is 0 Å². The fraction of sp³-hybridized carbons (Fsp3) is 0.909. The van der Waals surface area contributed by atoms with E-state index >= 15 is 0 Å². The van der Waals surface area contributed by atoms with Crippen molar-refractivity contribution >= 4 is 5.96 Å². The van der Waals surface area contributed by atoms with Crippen LogP contribution < -0.4 is 11.1 Å². The number of nitrogens with one attached hydrogen (secondary N) is 1. The van der Waals surface area contributed by atoms with Crippen molar-refractivity contribution < 1.29 is 0 Å². The van der Waals surface area contributed by atoms with E-state index in [0.717, 1.165) is 32.0 Å². The maximum Gasteiger partial charge on any atom is 0.218 e. The first-order chi connectivity index (χ1) is 8.29. The minimum Gasteiger partial charge on any atom is -0.368 e. The highest BCUT2D eigenvalue weighted by Gasteiger charge is 2.27. The van der Waals surface area contributed by atoms with E-state index in [2.05, 4.69) is 25.7 Å². The largest absolute Gasteiger partial charge is 0.368 e. The first-order valence-electron chi connectivity index (χ1n) is 6.50. The number of nitrogens with zero attached hydrogens (tertiary/aromatic N) is 4. The molecule has 1 aliphatic carbocycles. The van der Waals surface area contributed by atoms with Gasteiger partial charge in [-0.15, -0.1) is 0 Å². The van der Waals surface area contributed by atoms with E-state index in [1.165, 1.54) is 12.8 Å². The standard InChI is InChI=1S/C11H22N6/c1-2-13-16-15-11(12)17-7-5-10(6-8-17)14-9-3-4-9/h9-10,14H,2-8H2,1H3,(H2,12,13,15). The van der Waals surface area contributed by atoms with E-state index in [9.17, 15) is 0 Å². The van der Waals surface area contributed by atoms with Crippen LogP contribution in [0.1, 0.15) is 32.6 Å². The number of guanidine groups is 1. The third kappa shape index (κ3) is 3.96. The van der Waals surface area contributed by atoms with E-state index in [0.29, 0.717) is 18.5 Å². The predicted molar refractivity (Wildman–Crippen MR) is 67.8 cm³/mol. The topological polar surface area (TPSA) is 78.4 Å². The number of hydrogen-bond acceptors (Lipinski definition) is 3. The number of piperidine rings is 1. The van der Waals surface area contributed by atoms with Gasteiger partial charge in [0, 0.05) is 25.2 Å². The summed E-state index contributed by atoms with van der Waals surface area (Å²) in [6.45, 7) is 4.48. The lowest BCUT2D eigenvalue weighted by molar-refractivity contribution is 0.278. The molecule has 0 radical (unpaired) electrons. The molecule has 0 spiro atoms. The van der Waals surface area contributed by atoms with Crippen molar-refractivity contribution in [2.24, 2.45) is 21.2 Å². The van der Waals surface area contributed by atoms with Crippen LogP contribution in [-0.4, -0.2) is 42.6 Å². The Morgan fingerprint density at radius 2 is 1.88 bits per heavy atom. The number of nitrogens with two attached hydrogens (primary N) is 1. The van der Waals surface area contributed by atoms with Crippen LogP contribution in [-0.2, 0) is 0 Å². The van der Waals surface area contributed by atoms with E-state index in [4.69, 9.17) is 5.73 Å². The highest BCUT2D eigenvalue weighted by molar-refractivity contribution is 5.77. The Morgan fingerprint density at radius 3 is 2.47 bits per heavy atom.